The number of nitrogens with zero attached hydrogens (tertiary/aromatic N) is 3. The third-order valence-corrected chi connectivity index (χ3v) is 4.84. The molecule has 0 saturated carbocycles. The Labute approximate surface area is 165 Å². The van der Waals surface area contributed by atoms with Crippen LogP contribution in [0.2, 0.25) is 5.15 Å². The summed E-state index contributed by atoms with van der Waals surface area (Å²) in [5.74, 6) is 0.714. The maximum Gasteiger partial charge on any atom is 0.248 e. The highest BCUT2D eigenvalue weighted by Crippen LogP contribution is 2.29. The number of nitrogens with one attached hydrogen (secondary N) is 1. The molecule has 0 fully saturated rings. The average Bonchev–Trinajstić information content (AvgIpc) is 3.07. The van der Waals surface area contributed by atoms with E-state index in [2.05, 4.69) is 19.9 Å². The van der Waals surface area contributed by atoms with Crippen LogP contribution in [0.4, 0.5) is 5.82 Å². The van der Waals surface area contributed by atoms with E-state index >= 15 is 0 Å². The molecular formula is C20H17ClN6O. The van der Waals surface area contributed by atoms with Gasteiger partial charge in [-0.2, -0.15) is 0 Å². The van der Waals surface area contributed by atoms with E-state index in [0.29, 0.717) is 35.1 Å². The van der Waals surface area contributed by atoms with Crippen LogP contribution in [0.15, 0.2) is 48.8 Å². The number of aromatic nitrogens is 4. The normalized spacial score (nSPS) is 11.0. The van der Waals surface area contributed by atoms with E-state index in [-0.39, 0.29) is 0 Å². The number of anilines is 1. The fourth-order valence-electron chi connectivity index (χ4n) is 3.16. The van der Waals surface area contributed by atoms with Gasteiger partial charge in [-0.05, 0) is 30.2 Å². The molecule has 0 atom stereocenters. The average molecular weight is 393 g/mol. The van der Waals surface area contributed by atoms with E-state index in [1.165, 1.54) is 6.33 Å². The summed E-state index contributed by atoms with van der Waals surface area (Å²) >= 11 is 6.38. The molecule has 5 N–H and O–H groups in total. The SMILES string of the molecule is NC(=O)c1ccccc1CCc1nc(-c2ccc3c(N)ncnc3c2)c(Cl)[nH]1. The van der Waals surface area contributed by atoms with Crippen LogP contribution in [-0.4, -0.2) is 25.8 Å². The van der Waals surface area contributed by atoms with Crippen molar-refractivity contribution in [1.29, 1.82) is 0 Å². The Morgan fingerprint density at radius 3 is 2.75 bits per heavy atom. The van der Waals surface area contributed by atoms with Crippen LogP contribution >= 0.6 is 11.6 Å². The molecule has 2 aromatic heterocycles. The second-order valence-corrected chi connectivity index (χ2v) is 6.74. The topological polar surface area (TPSA) is 124 Å². The molecule has 0 bridgehead atoms. The first-order valence-corrected chi connectivity index (χ1v) is 9.03. The Kier molecular flexibility index (Phi) is 4.67. The monoisotopic (exact) mass is 392 g/mol. The van der Waals surface area contributed by atoms with E-state index in [1.807, 2.05) is 30.3 Å². The lowest BCUT2D eigenvalue weighted by molar-refractivity contribution is 0.0999. The maximum absolute atomic E-state index is 11.6. The van der Waals surface area contributed by atoms with Crippen LogP contribution in [0.5, 0.6) is 0 Å². The Morgan fingerprint density at radius 2 is 1.93 bits per heavy atom. The second kappa shape index (κ2) is 7.28. The molecule has 0 saturated heterocycles. The van der Waals surface area contributed by atoms with Crippen molar-refractivity contribution in [2.75, 3.05) is 5.73 Å². The van der Waals surface area contributed by atoms with Crippen molar-refractivity contribution >= 4 is 34.2 Å². The Balaban J connectivity index is 1.60. The maximum atomic E-state index is 11.6. The molecule has 2 aromatic carbocycles. The molecule has 0 aliphatic rings. The van der Waals surface area contributed by atoms with Crippen LogP contribution in [0.1, 0.15) is 21.7 Å². The number of H-pyrrole nitrogens is 1. The first kappa shape index (κ1) is 17.9. The second-order valence-electron chi connectivity index (χ2n) is 6.36. The van der Waals surface area contributed by atoms with Crippen LogP contribution in [0.25, 0.3) is 22.2 Å². The van der Waals surface area contributed by atoms with Crippen molar-refractivity contribution in [3.05, 3.63) is 70.9 Å². The van der Waals surface area contributed by atoms with Gasteiger partial charge in [0, 0.05) is 22.9 Å². The summed E-state index contributed by atoms with van der Waals surface area (Å²) in [4.78, 5) is 27.5. The molecule has 4 aromatic rings. The van der Waals surface area contributed by atoms with Crippen molar-refractivity contribution in [1.82, 2.24) is 19.9 Å². The number of carbonyl (C=O) groups excluding carboxylic acids is 1. The van der Waals surface area contributed by atoms with Gasteiger partial charge in [0.1, 0.15) is 28.8 Å². The number of rotatable bonds is 5. The first-order valence-electron chi connectivity index (χ1n) is 8.65. The van der Waals surface area contributed by atoms with E-state index in [9.17, 15) is 4.79 Å². The van der Waals surface area contributed by atoms with Gasteiger partial charge in [-0.25, -0.2) is 15.0 Å². The molecule has 8 heteroatoms. The van der Waals surface area contributed by atoms with Gasteiger partial charge < -0.3 is 16.5 Å². The summed E-state index contributed by atoms with van der Waals surface area (Å²) in [5, 5.41) is 1.22. The predicted molar refractivity (Wildman–Crippen MR) is 109 cm³/mol. The number of nitrogen functional groups attached to an aromatic ring is 1. The summed E-state index contributed by atoms with van der Waals surface area (Å²) in [6.07, 6.45) is 2.63. The molecule has 4 rings (SSSR count). The highest BCUT2D eigenvalue weighted by atomic mass is 35.5. The van der Waals surface area contributed by atoms with Gasteiger partial charge in [0.05, 0.1) is 5.52 Å². The van der Waals surface area contributed by atoms with Gasteiger partial charge in [-0.1, -0.05) is 35.9 Å². The number of hydrogen-bond acceptors (Lipinski definition) is 5. The standard InChI is InChI=1S/C20H17ClN6O/c21-18-17(12-5-7-14-15(9-12)24-10-25-19(14)22)26-16(27-18)8-6-11-3-1-2-4-13(11)20(23)28/h1-5,7,9-10H,6,8H2,(H2,23,28)(H,26,27)(H2,22,24,25). The van der Waals surface area contributed by atoms with Gasteiger partial charge in [-0.15, -0.1) is 0 Å². The number of benzene rings is 2. The molecule has 0 spiro atoms. The lowest BCUT2D eigenvalue weighted by Crippen LogP contribution is -2.14. The van der Waals surface area contributed by atoms with Crippen LogP contribution in [0.3, 0.4) is 0 Å². The first-order chi connectivity index (χ1) is 13.5. The van der Waals surface area contributed by atoms with Crippen molar-refractivity contribution in [2.24, 2.45) is 5.73 Å². The largest absolute Gasteiger partial charge is 0.383 e. The predicted octanol–water partition coefficient (Wildman–Crippen LogP) is 3.14. The summed E-state index contributed by atoms with van der Waals surface area (Å²) in [6.45, 7) is 0. The van der Waals surface area contributed by atoms with Gasteiger partial charge in [0.15, 0.2) is 0 Å². The molecule has 7 nitrogen and oxygen atoms in total. The Bertz CT molecular complexity index is 1190. The summed E-state index contributed by atoms with van der Waals surface area (Å²) < 4.78 is 0. The Hall–Kier alpha value is -3.45. The van der Waals surface area contributed by atoms with E-state index < -0.39 is 5.91 Å². The third-order valence-electron chi connectivity index (χ3n) is 4.56. The van der Waals surface area contributed by atoms with E-state index in [0.717, 1.165) is 27.9 Å². The van der Waals surface area contributed by atoms with Crippen LogP contribution in [0, 0.1) is 0 Å². The summed E-state index contributed by atoms with van der Waals surface area (Å²) in [5.41, 5.74) is 14.9. The molecule has 2 heterocycles. The number of fused-ring (bicyclic) bond motifs is 1. The third kappa shape index (κ3) is 3.39. The fourth-order valence-corrected chi connectivity index (χ4v) is 3.42. The molecule has 0 unspecified atom stereocenters. The van der Waals surface area contributed by atoms with Gasteiger partial charge in [0.25, 0.3) is 0 Å². The van der Waals surface area contributed by atoms with Gasteiger partial charge >= 0.3 is 0 Å². The molecular weight excluding hydrogens is 376 g/mol. The van der Waals surface area contributed by atoms with Crippen molar-refractivity contribution < 1.29 is 4.79 Å². The van der Waals surface area contributed by atoms with Crippen molar-refractivity contribution in [3.63, 3.8) is 0 Å². The zero-order valence-electron chi connectivity index (χ0n) is 14.8. The molecule has 0 radical (unpaired) electrons. The van der Waals surface area contributed by atoms with Crippen LogP contribution < -0.4 is 11.5 Å². The number of amides is 1. The number of halogens is 1. The van der Waals surface area contributed by atoms with Crippen molar-refractivity contribution in [2.45, 2.75) is 12.8 Å². The number of primary amides is 1. The zero-order valence-corrected chi connectivity index (χ0v) is 15.6. The minimum atomic E-state index is -0.439. The smallest absolute Gasteiger partial charge is 0.248 e. The molecule has 0 aliphatic heterocycles. The van der Waals surface area contributed by atoms with Crippen LogP contribution in [-0.2, 0) is 12.8 Å². The van der Waals surface area contributed by atoms with Gasteiger partial charge in [-0.3, -0.25) is 4.79 Å². The number of nitrogens with two attached hydrogens (primary N) is 2. The zero-order chi connectivity index (χ0) is 19.7. The van der Waals surface area contributed by atoms with E-state index in [4.69, 9.17) is 23.1 Å². The highest BCUT2D eigenvalue weighted by molar-refractivity contribution is 6.32. The lowest BCUT2D eigenvalue weighted by Gasteiger charge is -2.05. The molecule has 1 amide bonds. The molecule has 140 valence electrons. The fraction of sp³-hybridized carbons (Fsp3) is 0.100. The highest BCUT2D eigenvalue weighted by Gasteiger charge is 2.14. The van der Waals surface area contributed by atoms with Gasteiger partial charge in [0.2, 0.25) is 5.91 Å². The summed E-state index contributed by atoms with van der Waals surface area (Å²) in [6, 6.07) is 12.9. The summed E-state index contributed by atoms with van der Waals surface area (Å²) in [7, 11) is 0. The molecule has 28 heavy (non-hydrogen) atoms. The van der Waals surface area contributed by atoms with E-state index in [1.54, 1.807) is 12.1 Å². The molecule has 0 aliphatic carbocycles. The Morgan fingerprint density at radius 1 is 1.11 bits per heavy atom. The van der Waals surface area contributed by atoms with Crippen molar-refractivity contribution in [3.8, 4) is 11.3 Å². The quantitative estimate of drug-likeness (QED) is 0.481. The number of aryl methyl sites for hydroxylation is 2. The minimum absolute atomic E-state index is 0.429. The number of imidazole rings is 1. The lowest BCUT2D eigenvalue weighted by atomic mass is 10.0. The number of hydrogen-bond donors (Lipinski definition) is 3. The number of carbonyl (C=O) groups is 1. The number of aromatic amines is 1. The minimum Gasteiger partial charge on any atom is -0.383 e.